The molecule has 0 atom stereocenters. The lowest BCUT2D eigenvalue weighted by atomic mass is 9.41. The number of carbonyl (C=O) groups excluding carboxylic acids is 2. The number of benzene rings is 1. The number of likely N-dealkylation sites (tertiary alicyclic amines) is 1. The molecule has 4 bridgehead atoms. The Morgan fingerprint density at radius 1 is 1.09 bits per heavy atom. The minimum absolute atomic E-state index is 0.0541. The largest absolute Gasteiger partial charge is 0.442 e. The van der Waals surface area contributed by atoms with Gasteiger partial charge in [0.2, 0.25) is 5.91 Å². The van der Waals surface area contributed by atoms with Gasteiger partial charge in [0.15, 0.2) is 0 Å². The van der Waals surface area contributed by atoms with Gasteiger partial charge in [0, 0.05) is 18.4 Å². The Balaban J connectivity index is 1.25. The first-order valence-electron chi connectivity index (χ1n) is 12.7. The van der Waals surface area contributed by atoms with Crippen LogP contribution in [0.1, 0.15) is 58.4 Å². The monoisotopic (exact) mass is 454 g/mol. The molecule has 33 heavy (non-hydrogen) atoms. The number of aliphatic hydroxyl groups is 1. The van der Waals surface area contributed by atoms with Crippen LogP contribution >= 0.6 is 0 Å². The predicted octanol–water partition coefficient (Wildman–Crippen LogP) is 3.72. The number of rotatable bonds is 6. The van der Waals surface area contributed by atoms with Gasteiger partial charge in [0.25, 0.3) is 0 Å². The van der Waals surface area contributed by atoms with E-state index < -0.39 is 11.7 Å². The Morgan fingerprint density at radius 2 is 1.67 bits per heavy atom. The number of amides is 2. The van der Waals surface area contributed by atoms with E-state index in [9.17, 15) is 14.7 Å². The maximum absolute atomic E-state index is 13.5. The first-order valence-corrected chi connectivity index (χ1v) is 12.7. The SMILES string of the molecule is CC1C2CC3CC1CC(C2)C3(CC(=O)N1CC(OC(=O)NCC(C)(C)O)C1)c1ccccc1. The molecule has 4 saturated carbocycles. The van der Waals surface area contributed by atoms with Gasteiger partial charge in [0.1, 0.15) is 6.10 Å². The summed E-state index contributed by atoms with van der Waals surface area (Å²) in [4.78, 5) is 27.3. The summed E-state index contributed by atoms with van der Waals surface area (Å²) in [6.07, 6.45) is 4.77. The van der Waals surface area contributed by atoms with Crippen LogP contribution in [0.3, 0.4) is 0 Å². The normalized spacial score (nSPS) is 35.3. The maximum atomic E-state index is 13.5. The van der Waals surface area contributed by atoms with Gasteiger partial charge in [0.05, 0.1) is 18.7 Å². The second-order valence-corrected chi connectivity index (χ2v) is 11.8. The molecule has 0 aromatic heterocycles. The van der Waals surface area contributed by atoms with Crippen LogP contribution in [-0.2, 0) is 14.9 Å². The highest BCUT2D eigenvalue weighted by Gasteiger charge is 2.60. The number of hydrogen-bond donors (Lipinski definition) is 2. The molecule has 2 amide bonds. The summed E-state index contributed by atoms with van der Waals surface area (Å²) >= 11 is 0. The Hall–Kier alpha value is -2.08. The van der Waals surface area contributed by atoms with Crippen LogP contribution < -0.4 is 5.32 Å². The zero-order valence-electron chi connectivity index (χ0n) is 20.1. The van der Waals surface area contributed by atoms with Gasteiger partial charge < -0.3 is 20.1 Å². The summed E-state index contributed by atoms with van der Waals surface area (Å²) in [7, 11) is 0. The molecule has 6 rings (SSSR count). The van der Waals surface area contributed by atoms with Crippen molar-refractivity contribution in [2.24, 2.45) is 29.6 Å². The van der Waals surface area contributed by atoms with Crippen molar-refractivity contribution in [1.29, 1.82) is 0 Å². The van der Waals surface area contributed by atoms with E-state index in [0.717, 1.165) is 17.8 Å². The van der Waals surface area contributed by atoms with Crippen LogP contribution in [0.2, 0.25) is 0 Å². The second-order valence-electron chi connectivity index (χ2n) is 11.8. The van der Waals surface area contributed by atoms with Gasteiger partial charge in [-0.3, -0.25) is 4.79 Å². The highest BCUT2D eigenvalue weighted by Crippen LogP contribution is 2.65. The lowest BCUT2D eigenvalue weighted by molar-refractivity contribution is -0.151. The van der Waals surface area contributed by atoms with Crippen molar-refractivity contribution in [2.45, 2.75) is 70.0 Å². The van der Waals surface area contributed by atoms with E-state index in [2.05, 4.69) is 42.6 Å². The Bertz CT molecular complexity index is 857. The fourth-order valence-corrected chi connectivity index (χ4v) is 7.44. The summed E-state index contributed by atoms with van der Waals surface area (Å²) < 4.78 is 5.41. The third-order valence-electron chi connectivity index (χ3n) is 9.19. The summed E-state index contributed by atoms with van der Waals surface area (Å²) in [5, 5.41) is 12.3. The zero-order chi connectivity index (χ0) is 23.4. The number of ether oxygens (including phenoxy) is 1. The topological polar surface area (TPSA) is 78.9 Å². The van der Waals surface area contributed by atoms with Gasteiger partial charge in [-0.15, -0.1) is 0 Å². The Kier molecular flexibility index (Phi) is 5.71. The van der Waals surface area contributed by atoms with Crippen LogP contribution in [0.5, 0.6) is 0 Å². The highest BCUT2D eigenvalue weighted by atomic mass is 16.6. The maximum Gasteiger partial charge on any atom is 0.407 e. The third kappa shape index (κ3) is 4.16. The zero-order valence-corrected chi connectivity index (χ0v) is 20.1. The molecule has 180 valence electrons. The van der Waals surface area contributed by atoms with E-state index in [1.165, 1.54) is 31.2 Å². The molecule has 6 nitrogen and oxygen atoms in total. The number of nitrogens with zero attached hydrogens (tertiary/aromatic N) is 1. The van der Waals surface area contributed by atoms with Crippen molar-refractivity contribution in [3.05, 3.63) is 35.9 Å². The summed E-state index contributed by atoms with van der Waals surface area (Å²) in [6, 6.07) is 10.8. The van der Waals surface area contributed by atoms with E-state index in [4.69, 9.17) is 4.74 Å². The van der Waals surface area contributed by atoms with E-state index in [1.54, 1.807) is 13.8 Å². The Morgan fingerprint density at radius 3 is 2.21 bits per heavy atom. The van der Waals surface area contributed by atoms with E-state index in [1.807, 2.05) is 4.90 Å². The minimum atomic E-state index is -0.983. The van der Waals surface area contributed by atoms with E-state index in [-0.39, 0.29) is 24.0 Å². The van der Waals surface area contributed by atoms with Gasteiger partial charge in [-0.05, 0) is 74.7 Å². The predicted molar refractivity (Wildman–Crippen MR) is 125 cm³/mol. The van der Waals surface area contributed by atoms with E-state index in [0.29, 0.717) is 31.3 Å². The minimum Gasteiger partial charge on any atom is -0.442 e. The lowest BCUT2D eigenvalue weighted by Gasteiger charge is -2.64. The van der Waals surface area contributed by atoms with Crippen LogP contribution in [0.15, 0.2) is 30.3 Å². The first kappa shape index (κ1) is 22.7. The van der Waals surface area contributed by atoms with Gasteiger partial charge in [-0.1, -0.05) is 37.3 Å². The van der Waals surface area contributed by atoms with Crippen LogP contribution in [0.4, 0.5) is 4.79 Å². The van der Waals surface area contributed by atoms with Crippen LogP contribution in [0.25, 0.3) is 0 Å². The quantitative estimate of drug-likeness (QED) is 0.687. The molecule has 0 spiro atoms. The van der Waals surface area contributed by atoms with Crippen molar-refractivity contribution in [1.82, 2.24) is 10.2 Å². The fraction of sp³-hybridized carbons (Fsp3) is 0.704. The Labute approximate surface area is 197 Å². The molecule has 2 N–H and O–H groups in total. The lowest BCUT2D eigenvalue weighted by Crippen LogP contribution is -2.61. The van der Waals surface area contributed by atoms with Crippen molar-refractivity contribution in [3.63, 3.8) is 0 Å². The molecule has 1 aromatic carbocycles. The average Bonchev–Trinajstić information content (AvgIpc) is 2.73. The standard InChI is InChI=1S/C27H38N2O4/c1-17-18-9-21-11-19(17)12-22(10-18)27(21,20-7-5-4-6-8-20)13-24(30)29-14-23(15-29)33-25(31)28-16-26(2,3)32/h4-8,17-19,21-23,32H,9-16H2,1-3H3,(H,28,31). The number of alkyl carbamates (subject to hydrolysis) is 1. The van der Waals surface area contributed by atoms with Crippen LogP contribution in [-0.4, -0.2) is 53.3 Å². The molecule has 1 saturated heterocycles. The second kappa shape index (κ2) is 8.30. The fourth-order valence-electron chi connectivity index (χ4n) is 7.44. The number of carbonyl (C=O) groups is 2. The molecule has 1 heterocycles. The molecule has 1 aromatic rings. The van der Waals surface area contributed by atoms with Gasteiger partial charge in [-0.2, -0.15) is 0 Å². The molecule has 4 aliphatic carbocycles. The number of nitrogens with one attached hydrogen (secondary N) is 1. The summed E-state index contributed by atoms with van der Waals surface area (Å²) in [5.74, 6) is 3.84. The molecule has 1 aliphatic heterocycles. The van der Waals surface area contributed by atoms with Crippen molar-refractivity contribution in [2.75, 3.05) is 19.6 Å². The third-order valence-corrected chi connectivity index (χ3v) is 9.19. The molecule has 0 unspecified atom stereocenters. The number of hydrogen-bond acceptors (Lipinski definition) is 4. The van der Waals surface area contributed by atoms with Crippen molar-refractivity contribution in [3.8, 4) is 0 Å². The summed E-state index contributed by atoms with van der Waals surface area (Å²) in [5.41, 5.74) is 0.309. The summed E-state index contributed by atoms with van der Waals surface area (Å²) in [6.45, 7) is 6.74. The molecular weight excluding hydrogens is 416 g/mol. The van der Waals surface area contributed by atoms with Crippen LogP contribution in [0, 0.1) is 29.6 Å². The molecule has 5 fully saturated rings. The van der Waals surface area contributed by atoms with Gasteiger partial charge >= 0.3 is 6.09 Å². The molecule has 0 radical (unpaired) electrons. The molecule has 6 heteroatoms. The smallest absolute Gasteiger partial charge is 0.407 e. The van der Waals surface area contributed by atoms with Crippen molar-refractivity contribution >= 4 is 12.0 Å². The van der Waals surface area contributed by atoms with Gasteiger partial charge in [-0.25, -0.2) is 4.79 Å². The highest BCUT2D eigenvalue weighted by molar-refractivity contribution is 5.79. The molecular formula is C27H38N2O4. The average molecular weight is 455 g/mol. The first-order chi connectivity index (χ1) is 15.7. The van der Waals surface area contributed by atoms with Crippen molar-refractivity contribution < 1.29 is 19.4 Å². The molecule has 5 aliphatic rings. The van der Waals surface area contributed by atoms with E-state index >= 15 is 0 Å².